The molecule has 1 N–H and O–H groups in total. The van der Waals surface area contributed by atoms with Crippen LogP contribution in [0.5, 0.6) is 5.75 Å². The van der Waals surface area contributed by atoms with Crippen LogP contribution in [0.15, 0.2) is 65.3 Å². The molecule has 2 amide bonds. The van der Waals surface area contributed by atoms with Crippen LogP contribution in [0.25, 0.3) is 6.08 Å². The van der Waals surface area contributed by atoms with E-state index in [1.165, 1.54) is 34.9 Å². The summed E-state index contributed by atoms with van der Waals surface area (Å²) >= 11 is 0. The Bertz CT molecular complexity index is 1360. The van der Waals surface area contributed by atoms with Gasteiger partial charge in [0.15, 0.2) is 0 Å². The topological polar surface area (TPSA) is 110 Å². The number of rotatable bonds is 8. The van der Waals surface area contributed by atoms with Gasteiger partial charge >= 0.3 is 0 Å². The average Bonchev–Trinajstić information content (AvgIpc) is 3.45. The van der Waals surface area contributed by atoms with Crippen LogP contribution in [-0.4, -0.2) is 34.6 Å². The number of nitro benzene ring substituents is 1. The molecule has 8 nitrogen and oxygen atoms in total. The number of amides is 2. The number of allylic oxidation sites excluding steroid dienone is 2. The first kappa shape index (κ1) is 26.8. The number of benzene rings is 2. The van der Waals surface area contributed by atoms with Gasteiger partial charge in [-0.1, -0.05) is 56.2 Å². The number of imide groups is 1. The highest BCUT2D eigenvalue weighted by atomic mass is 16.6. The molecule has 2 aliphatic heterocycles. The summed E-state index contributed by atoms with van der Waals surface area (Å²) in [4.78, 5) is 39.2. The van der Waals surface area contributed by atoms with Gasteiger partial charge in [0.2, 0.25) is 11.8 Å². The molecule has 3 aliphatic rings. The fraction of sp³-hybridized carbons (Fsp3) is 0.419. The number of hydrogen-bond donors (Lipinski definition) is 1. The van der Waals surface area contributed by atoms with Crippen LogP contribution >= 0.6 is 0 Å². The van der Waals surface area contributed by atoms with Gasteiger partial charge in [-0.05, 0) is 60.9 Å². The Hall–Kier alpha value is -3.78. The standard InChI is InChI=1S/C31H34N2O6/c1-4-19(14-20-8-11-23(34)12-9-20)10-13-27-28-24(18(2)3)16-25-29(26(28)17-39-27)31(36)32(30(25)35)21-6-5-7-22(15-21)33(37)38/h5-9,11-12,14-15,18,25-27,29,34H,4,10,13,16-17H2,1-3H3/b19-14+/t25-,26+,27-,29-/m1/s1. The van der Waals surface area contributed by atoms with Gasteiger partial charge in [0, 0.05) is 18.1 Å². The van der Waals surface area contributed by atoms with Crippen molar-refractivity contribution in [1.29, 1.82) is 0 Å². The SMILES string of the molecule is CC/C(=C\c1ccc(O)cc1)CC[C@H]1OC[C@H]2C1=C(C(C)C)C[C@H]1C(=O)N(c3cccc([N+](=O)[O-])c3)C(=O)[C@H]12. The maximum atomic E-state index is 13.7. The summed E-state index contributed by atoms with van der Waals surface area (Å²) in [7, 11) is 0. The van der Waals surface area contributed by atoms with Crippen molar-refractivity contribution in [3.63, 3.8) is 0 Å². The second-order valence-corrected chi connectivity index (χ2v) is 11.0. The Balaban J connectivity index is 1.40. The maximum absolute atomic E-state index is 13.7. The first-order valence-electron chi connectivity index (χ1n) is 13.6. The smallest absolute Gasteiger partial charge is 0.271 e. The molecule has 0 radical (unpaired) electrons. The molecule has 0 aromatic heterocycles. The van der Waals surface area contributed by atoms with Crippen LogP contribution in [0, 0.1) is 33.8 Å². The minimum absolute atomic E-state index is 0.113. The van der Waals surface area contributed by atoms with E-state index in [2.05, 4.69) is 26.8 Å². The number of ether oxygens (including phenoxy) is 1. The van der Waals surface area contributed by atoms with E-state index in [4.69, 9.17) is 4.74 Å². The quantitative estimate of drug-likeness (QED) is 0.193. The predicted octanol–water partition coefficient (Wildman–Crippen LogP) is 6.05. The molecule has 0 spiro atoms. The summed E-state index contributed by atoms with van der Waals surface area (Å²) in [6.07, 6.45) is 5.06. The lowest BCUT2D eigenvalue weighted by Gasteiger charge is -2.33. The molecular weight excluding hydrogens is 496 g/mol. The van der Waals surface area contributed by atoms with Crippen molar-refractivity contribution in [1.82, 2.24) is 0 Å². The lowest BCUT2D eigenvalue weighted by Crippen LogP contribution is -2.35. The molecule has 1 aliphatic carbocycles. The molecule has 0 unspecified atom stereocenters. The Morgan fingerprint density at radius 1 is 1.15 bits per heavy atom. The first-order valence-corrected chi connectivity index (χ1v) is 13.6. The molecule has 0 saturated carbocycles. The summed E-state index contributed by atoms with van der Waals surface area (Å²) in [5.74, 6) is -1.29. The molecule has 2 saturated heterocycles. The Labute approximate surface area is 228 Å². The number of phenolic OH excluding ortho intramolecular Hbond substituents is 1. The van der Waals surface area contributed by atoms with E-state index < -0.39 is 16.8 Å². The summed E-state index contributed by atoms with van der Waals surface area (Å²) in [6, 6.07) is 12.9. The molecule has 39 heavy (non-hydrogen) atoms. The zero-order valence-electron chi connectivity index (χ0n) is 22.5. The number of nitrogens with zero attached hydrogens (tertiary/aromatic N) is 2. The van der Waals surface area contributed by atoms with Gasteiger partial charge in [-0.3, -0.25) is 19.7 Å². The fourth-order valence-corrected chi connectivity index (χ4v) is 6.43. The molecule has 204 valence electrons. The van der Waals surface area contributed by atoms with E-state index in [0.717, 1.165) is 29.7 Å². The highest BCUT2D eigenvalue weighted by Gasteiger charge is 2.57. The van der Waals surface area contributed by atoms with Crippen molar-refractivity contribution in [2.24, 2.45) is 23.7 Å². The average molecular weight is 531 g/mol. The molecular formula is C31H34N2O6. The minimum Gasteiger partial charge on any atom is -0.508 e. The molecule has 5 rings (SSSR count). The lowest BCUT2D eigenvalue weighted by molar-refractivity contribution is -0.384. The Morgan fingerprint density at radius 2 is 1.90 bits per heavy atom. The van der Waals surface area contributed by atoms with Crippen molar-refractivity contribution < 1.29 is 24.4 Å². The second-order valence-electron chi connectivity index (χ2n) is 11.0. The summed E-state index contributed by atoms with van der Waals surface area (Å²) < 4.78 is 6.34. The number of non-ortho nitro benzene ring substituents is 1. The van der Waals surface area contributed by atoms with E-state index in [1.54, 1.807) is 18.2 Å². The summed E-state index contributed by atoms with van der Waals surface area (Å²) in [5, 5.41) is 20.9. The highest BCUT2D eigenvalue weighted by molar-refractivity contribution is 6.22. The third-order valence-corrected chi connectivity index (χ3v) is 8.39. The first-order chi connectivity index (χ1) is 18.7. The van der Waals surface area contributed by atoms with Gasteiger partial charge in [-0.25, -0.2) is 4.90 Å². The predicted molar refractivity (Wildman–Crippen MR) is 148 cm³/mol. The highest BCUT2D eigenvalue weighted by Crippen LogP contribution is 2.52. The van der Waals surface area contributed by atoms with Crippen molar-refractivity contribution in [2.45, 2.75) is 52.6 Å². The zero-order valence-corrected chi connectivity index (χ0v) is 22.5. The van der Waals surface area contributed by atoms with Gasteiger partial charge in [-0.2, -0.15) is 0 Å². The number of hydrogen-bond acceptors (Lipinski definition) is 6. The van der Waals surface area contributed by atoms with Gasteiger partial charge in [0.05, 0.1) is 35.2 Å². The van der Waals surface area contributed by atoms with Gasteiger partial charge in [0.25, 0.3) is 5.69 Å². The minimum atomic E-state index is -0.520. The molecule has 8 heteroatoms. The van der Waals surface area contributed by atoms with Gasteiger partial charge in [0.1, 0.15) is 5.75 Å². The van der Waals surface area contributed by atoms with Crippen LogP contribution in [0.1, 0.15) is 52.0 Å². The molecule has 2 fully saturated rings. The van der Waals surface area contributed by atoms with Crippen LogP contribution in [0.2, 0.25) is 0 Å². The van der Waals surface area contributed by atoms with Gasteiger partial charge in [-0.15, -0.1) is 0 Å². The zero-order chi connectivity index (χ0) is 27.8. The molecule has 2 aromatic carbocycles. The number of aromatic hydroxyl groups is 1. The summed E-state index contributed by atoms with van der Waals surface area (Å²) in [6.45, 7) is 6.76. The number of carbonyl (C=O) groups is 2. The molecule has 2 aromatic rings. The van der Waals surface area contributed by atoms with Crippen LogP contribution in [0.3, 0.4) is 0 Å². The number of carbonyl (C=O) groups excluding carboxylic acids is 2. The molecule has 2 heterocycles. The van der Waals surface area contributed by atoms with E-state index >= 15 is 0 Å². The molecule has 4 atom stereocenters. The van der Waals surface area contributed by atoms with Gasteiger partial charge < -0.3 is 9.84 Å². The Morgan fingerprint density at radius 3 is 2.56 bits per heavy atom. The van der Waals surface area contributed by atoms with E-state index in [1.807, 2.05) is 12.1 Å². The van der Waals surface area contributed by atoms with E-state index in [-0.39, 0.29) is 46.9 Å². The van der Waals surface area contributed by atoms with Crippen molar-refractivity contribution in [3.8, 4) is 5.75 Å². The lowest BCUT2D eigenvalue weighted by atomic mass is 9.67. The summed E-state index contributed by atoms with van der Waals surface area (Å²) in [5.41, 5.74) is 4.79. The number of phenols is 1. The third kappa shape index (κ3) is 5.01. The molecule has 0 bridgehead atoms. The van der Waals surface area contributed by atoms with Crippen LogP contribution in [-0.2, 0) is 14.3 Å². The van der Waals surface area contributed by atoms with Crippen molar-refractivity contribution in [3.05, 3.63) is 80.9 Å². The second kappa shape index (κ2) is 10.8. The number of fused-ring (bicyclic) bond motifs is 3. The normalized spacial score (nSPS) is 24.9. The van der Waals surface area contributed by atoms with E-state index in [9.17, 15) is 24.8 Å². The van der Waals surface area contributed by atoms with Crippen LogP contribution in [0.4, 0.5) is 11.4 Å². The fourth-order valence-electron chi connectivity index (χ4n) is 6.43. The number of nitro groups is 1. The Kier molecular flexibility index (Phi) is 7.40. The van der Waals surface area contributed by atoms with Crippen LogP contribution < -0.4 is 4.90 Å². The van der Waals surface area contributed by atoms with Crippen molar-refractivity contribution >= 4 is 29.3 Å². The third-order valence-electron chi connectivity index (χ3n) is 8.39. The monoisotopic (exact) mass is 530 g/mol. The number of anilines is 1. The van der Waals surface area contributed by atoms with E-state index in [0.29, 0.717) is 13.0 Å². The largest absolute Gasteiger partial charge is 0.508 e. The maximum Gasteiger partial charge on any atom is 0.271 e. The van der Waals surface area contributed by atoms with Crippen molar-refractivity contribution in [2.75, 3.05) is 11.5 Å².